The highest BCUT2D eigenvalue weighted by Crippen LogP contribution is 2.23. The number of H-pyrrole nitrogens is 1. The molecule has 0 radical (unpaired) electrons. The van der Waals surface area contributed by atoms with Crippen LogP contribution in [0.1, 0.15) is 28.9 Å². The van der Waals surface area contributed by atoms with Gasteiger partial charge in [0, 0.05) is 23.2 Å². The van der Waals surface area contributed by atoms with Crippen molar-refractivity contribution in [2.75, 3.05) is 5.32 Å². The summed E-state index contributed by atoms with van der Waals surface area (Å²) in [5.74, 6) is -1.94. The third-order valence-corrected chi connectivity index (χ3v) is 3.57. The molecule has 2 aromatic rings. The number of amides is 1. The summed E-state index contributed by atoms with van der Waals surface area (Å²) < 4.78 is 0. The van der Waals surface area contributed by atoms with Crippen LogP contribution in [0.3, 0.4) is 0 Å². The third kappa shape index (κ3) is 4.43. The molecule has 1 aromatic heterocycles. The van der Waals surface area contributed by atoms with Gasteiger partial charge in [0.1, 0.15) is 0 Å². The number of carboxylic acids is 1. The highest BCUT2D eigenvalue weighted by atomic mass is 35.5. The number of hydrogen-bond acceptors (Lipinski definition) is 4. The molecule has 1 atom stereocenters. The van der Waals surface area contributed by atoms with Gasteiger partial charge >= 0.3 is 5.97 Å². The largest absolute Gasteiger partial charge is 0.481 e. The Bertz CT molecular complexity index is 759. The zero-order valence-electron chi connectivity index (χ0n) is 12.6. The van der Waals surface area contributed by atoms with Gasteiger partial charge in [-0.3, -0.25) is 14.4 Å². The number of aliphatic carboxylic acids is 1. The van der Waals surface area contributed by atoms with E-state index in [1.807, 2.05) is 0 Å². The summed E-state index contributed by atoms with van der Waals surface area (Å²) in [6.45, 7) is 0. The molecular weight excluding hydrogens is 334 g/mol. The molecule has 0 unspecified atom stereocenters. The van der Waals surface area contributed by atoms with Gasteiger partial charge < -0.3 is 21.1 Å². The second-order valence-electron chi connectivity index (χ2n) is 5.13. The van der Waals surface area contributed by atoms with E-state index in [2.05, 4.69) is 10.3 Å². The van der Waals surface area contributed by atoms with Crippen LogP contribution < -0.4 is 11.1 Å². The highest BCUT2D eigenvalue weighted by molar-refractivity contribution is 6.31. The van der Waals surface area contributed by atoms with Gasteiger partial charge in [0.25, 0.3) is 0 Å². The zero-order chi connectivity index (χ0) is 17.7. The van der Waals surface area contributed by atoms with Gasteiger partial charge in [-0.25, -0.2) is 0 Å². The lowest BCUT2D eigenvalue weighted by Gasteiger charge is -2.14. The fraction of sp³-hybridized carbons (Fsp3) is 0.188. The summed E-state index contributed by atoms with van der Waals surface area (Å²) in [7, 11) is 0. The zero-order valence-corrected chi connectivity index (χ0v) is 13.3. The maximum Gasteiger partial charge on any atom is 0.303 e. The SMILES string of the molecule is N[C@@H](CCC(=O)O)C(=O)Nc1ccc(Cl)cc1C(=O)c1ccc[nH]1. The lowest BCUT2D eigenvalue weighted by molar-refractivity contribution is -0.137. The molecule has 8 heteroatoms. The number of halogens is 1. The van der Waals surface area contributed by atoms with E-state index in [9.17, 15) is 14.4 Å². The van der Waals surface area contributed by atoms with E-state index in [4.69, 9.17) is 22.4 Å². The van der Waals surface area contributed by atoms with Crippen LogP contribution in [0.2, 0.25) is 5.02 Å². The molecule has 0 bridgehead atoms. The number of ketones is 1. The van der Waals surface area contributed by atoms with E-state index in [-0.39, 0.29) is 29.9 Å². The minimum absolute atomic E-state index is 0.00529. The number of rotatable bonds is 7. The van der Waals surface area contributed by atoms with Gasteiger partial charge in [-0.05, 0) is 36.8 Å². The molecule has 0 aliphatic heterocycles. The van der Waals surface area contributed by atoms with Crippen LogP contribution in [0.5, 0.6) is 0 Å². The number of carbonyl (C=O) groups excluding carboxylic acids is 2. The molecule has 1 amide bonds. The molecule has 1 aromatic carbocycles. The minimum Gasteiger partial charge on any atom is -0.481 e. The summed E-state index contributed by atoms with van der Waals surface area (Å²) in [5, 5.41) is 11.5. The van der Waals surface area contributed by atoms with Crippen LogP contribution >= 0.6 is 11.6 Å². The number of carboxylic acid groups (broad SMARTS) is 1. The first-order valence-corrected chi connectivity index (χ1v) is 7.52. The van der Waals surface area contributed by atoms with Gasteiger partial charge in [0.15, 0.2) is 0 Å². The molecule has 5 N–H and O–H groups in total. The number of nitrogens with one attached hydrogen (secondary N) is 2. The Morgan fingerprint density at radius 1 is 1.29 bits per heavy atom. The van der Waals surface area contributed by atoms with Crippen molar-refractivity contribution in [2.24, 2.45) is 5.73 Å². The number of benzene rings is 1. The fourth-order valence-corrected chi connectivity index (χ4v) is 2.24. The number of anilines is 1. The number of aromatic amines is 1. The summed E-state index contributed by atoms with van der Waals surface area (Å²) in [6, 6.07) is 6.77. The van der Waals surface area contributed by atoms with Crippen LogP contribution in [-0.2, 0) is 9.59 Å². The quantitative estimate of drug-likeness (QED) is 0.569. The second kappa shape index (κ2) is 7.76. The molecule has 0 spiro atoms. The van der Waals surface area contributed by atoms with E-state index in [0.717, 1.165) is 0 Å². The second-order valence-corrected chi connectivity index (χ2v) is 5.57. The average Bonchev–Trinajstić information content (AvgIpc) is 3.07. The van der Waals surface area contributed by atoms with E-state index < -0.39 is 17.9 Å². The topological polar surface area (TPSA) is 125 Å². The Hall–Kier alpha value is -2.64. The predicted molar refractivity (Wildman–Crippen MR) is 89.2 cm³/mol. The predicted octanol–water partition coefficient (Wildman–Crippen LogP) is 2.03. The molecule has 24 heavy (non-hydrogen) atoms. The molecule has 0 saturated carbocycles. The maximum atomic E-state index is 12.5. The molecule has 126 valence electrons. The smallest absolute Gasteiger partial charge is 0.303 e. The van der Waals surface area contributed by atoms with E-state index >= 15 is 0 Å². The van der Waals surface area contributed by atoms with Gasteiger partial charge in [-0.2, -0.15) is 0 Å². The standard InChI is InChI=1S/C16H16ClN3O4/c17-9-3-5-12(20-16(24)11(18)4-6-14(21)22)10(8-9)15(23)13-2-1-7-19-13/h1-3,5,7-8,11,19H,4,6,18H2,(H,20,24)(H,21,22)/t11-/m0/s1. The summed E-state index contributed by atoms with van der Waals surface area (Å²) in [6.07, 6.45) is 1.38. The maximum absolute atomic E-state index is 12.5. The molecule has 0 saturated heterocycles. The van der Waals surface area contributed by atoms with Crippen molar-refractivity contribution in [3.8, 4) is 0 Å². The van der Waals surface area contributed by atoms with Gasteiger partial charge in [-0.15, -0.1) is 0 Å². The van der Waals surface area contributed by atoms with Gasteiger partial charge in [0.2, 0.25) is 11.7 Å². The first kappa shape index (κ1) is 17.7. The Labute approximate surface area is 142 Å². The van der Waals surface area contributed by atoms with Crippen LogP contribution in [-0.4, -0.2) is 33.8 Å². The first-order valence-electron chi connectivity index (χ1n) is 7.14. The van der Waals surface area contributed by atoms with E-state index in [1.165, 1.54) is 18.2 Å². The van der Waals surface area contributed by atoms with Crippen molar-refractivity contribution in [1.29, 1.82) is 0 Å². The molecular formula is C16H16ClN3O4. The lowest BCUT2D eigenvalue weighted by Crippen LogP contribution is -2.36. The average molecular weight is 350 g/mol. The van der Waals surface area contributed by atoms with E-state index in [0.29, 0.717) is 10.7 Å². The van der Waals surface area contributed by atoms with Crippen LogP contribution in [0.15, 0.2) is 36.5 Å². The normalized spacial score (nSPS) is 11.8. The van der Waals surface area contributed by atoms with Crippen LogP contribution in [0.25, 0.3) is 0 Å². The molecule has 0 aliphatic carbocycles. The van der Waals surface area contributed by atoms with Crippen molar-refractivity contribution in [3.63, 3.8) is 0 Å². The third-order valence-electron chi connectivity index (χ3n) is 3.33. The highest BCUT2D eigenvalue weighted by Gasteiger charge is 2.20. The summed E-state index contributed by atoms with van der Waals surface area (Å²) >= 11 is 5.94. The van der Waals surface area contributed by atoms with Gasteiger partial charge in [-0.1, -0.05) is 11.6 Å². The van der Waals surface area contributed by atoms with E-state index in [1.54, 1.807) is 18.3 Å². The van der Waals surface area contributed by atoms with Crippen molar-refractivity contribution in [2.45, 2.75) is 18.9 Å². The monoisotopic (exact) mass is 349 g/mol. The molecule has 0 aliphatic rings. The van der Waals surface area contributed by atoms with Crippen molar-refractivity contribution < 1.29 is 19.5 Å². The minimum atomic E-state index is -1.03. The van der Waals surface area contributed by atoms with Crippen molar-refractivity contribution in [1.82, 2.24) is 4.98 Å². The summed E-state index contributed by atoms with van der Waals surface area (Å²) in [5.41, 5.74) is 6.49. The van der Waals surface area contributed by atoms with Crippen molar-refractivity contribution in [3.05, 3.63) is 52.8 Å². The number of nitrogens with two attached hydrogens (primary N) is 1. The molecule has 2 rings (SSSR count). The van der Waals surface area contributed by atoms with Gasteiger partial charge in [0.05, 0.1) is 17.4 Å². The molecule has 1 heterocycles. The lowest BCUT2D eigenvalue weighted by atomic mass is 10.1. The molecule has 7 nitrogen and oxygen atoms in total. The number of hydrogen-bond donors (Lipinski definition) is 4. The Kier molecular flexibility index (Phi) is 5.73. The summed E-state index contributed by atoms with van der Waals surface area (Å²) in [4.78, 5) is 37.9. The Balaban J connectivity index is 2.20. The fourth-order valence-electron chi connectivity index (χ4n) is 2.07. The van der Waals surface area contributed by atoms with Crippen LogP contribution in [0, 0.1) is 0 Å². The molecule has 0 fully saturated rings. The van der Waals surface area contributed by atoms with Crippen molar-refractivity contribution >= 4 is 34.9 Å². The van der Waals surface area contributed by atoms with Crippen LogP contribution in [0.4, 0.5) is 5.69 Å². The Morgan fingerprint density at radius 2 is 2.04 bits per heavy atom. The Morgan fingerprint density at radius 3 is 2.67 bits per heavy atom. The first-order chi connectivity index (χ1) is 11.4. The number of carbonyl (C=O) groups is 3. The number of aromatic nitrogens is 1.